The minimum atomic E-state index is 0.545. The normalized spacial score (nSPS) is 26.6. The SMILES string of the molecule is CCNCC(C)c1csc(C2CC2C)n1. The van der Waals surface area contributed by atoms with Crippen molar-refractivity contribution in [3.8, 4) is 0 Å². The van der Waals surface area contributed by atoms with Crippen LogP contribution in [0.5, 0.6) is 0 Å². The highest BCUT2D eigenvalue weighted by atomic mass is 32.1. The number of nitrogens with one attached hydrogen (secondary N) is 1. The summed E-state index contributed by atoms with van der Waals surface area (Å²) >= 11 is 1.85. The molecule has 2 nitrogen and oxygen atoms in total. The maximum Gasteiger partial charge on any atom is 0.0962 e. The van der Waals surface area contributed by atoms with Crippen LogP contribution < -0.4 is 5.32 Å². The van der Waals surface area contributed by atoms with Crippen molar-refractivity contribution < 1.29 is 0 Å². The third kappa shape index (κ3) is 2.58. The molecule has 0 saturated heterocycles. The average Bonchev–Trinajstić information content (AvgIpc) is 2.80. The van der Waals surface area contributed by atoms with Gasteiger partial charge in [-0.15, -0.1) is 11.3 Å². The predicted octanol–water partition coefficient (Wildman–Crippen LogP) is 2.98. The van der Waals surface area contributed by atoms with E-state index in [9.17, 15) is 0 Å². The maximum atomic E-state index is 4.75. The van der Waals surface area contributed by atoms with Crippen molar-refractivity contribution in [3.63, 3.8) is 0 Å². The van der Waals surface area contributed by atoms with E-state index in [0.29, 0.717) is 5.92 Å². The summed E-state index contributed by atoms with van der Waals surface area (Å²) in [5, 5.41) is 6.97. The summed E-state index contributed by atoms with van der Waals surface area (Å²) in [6.07, 6.45) is 1.34. The summed E-state index contributed by atoms with van der Waals surface area (Å²) in [4.78, 5) is 4.75. The lowest BCUT2D eigenvalue weighted by Gasteiger charge is -2.08. The fourth-order valence-electron chi connectivity index (χ4n) is 1.83. The van der Waals surface area contributed by atoms with Crippen molar-refractivity contribution in [2.45, 2.75) is 39.0 Å². The van der Waals surface area contributed by atoms with Gasteiger partial charge in [0.15, 0.2) is 0 Å². The third-order valence-corrected chi connectivity index (χ3v) is 4.17. The molecule has 0 bridgehead atoms. The molecule has 3 unspecified atom stereocenters. The van der Waals surface area contributed by atoms with E-state index in [-0.39, 0.29) is 0 Å². The number of nitrogens with zero attached hydrogens (tertiary/aromatic N) is 1. The van der Waals surface area contributed by atoms with Gasteiger partial charge in [-0.05, 0) is 18.9 Å². The summed E-state index contributed by atoms with van der Waals surface area (Å²) in [6, 6.07) is 0. The molecule has 1 aromatic heterocycles. The standard InChI is InChI=1S/C12H20N2S/c1-4-13-6-9(3)11-7-15-12(14-11)10-5-8(10)2/h7-10,13H,4-6H2,1-3H3. The number of thiazole rings is 1. The molecular weight excluding hydrogens is 204 g/mol. The molecule has 0 radical (unpaired) electrons. The summed E-state index contributed by atoms with van der Waals surface area (Å²) in [5.74, 6) is 2.19. The molecule has 1 saturated carbocycles. The van der Waals surface area contributed by atoms with Crippen LogP contribution in [0.4, 0.5) is 0 Å². The largest absolute Gasteiger partial charge is 0.316 e. The fraction of sp³-hybridized carbons (Fsp3) is 0.750. The molecule has 1 aliphatic carbocycles. The zero-order chi connectivity index (χ0) is 10.8. The zero-order valence-electron chi connectivity index (χ0n) is 9.79. The summed E-state index contributed by atoms with van der Waals surface area (Å²) in [6.45, 7) is 8.79. The Balaban J connectivity index is 1.94. The molecule has 0 aliphatic heterocycles. The summed E-state index contributed by atoms with van der Waals surface area (Å²) in [7, 11) is 0. The molecule has 1 fully saturated rings. The van der Waals surface area contributed by atoms with E-state index in [4.69, 9.17) is 4.98 Å². The molecule has 0 spiro atoms. The van der Waals surface area contributed by atoms with Gasteiger partial charge < -0.3 is 5.32 Å². The Bertz CT molecular complexity index is 321. The van der Waals surface area contributed by atoms with Crippen molar-refractivity contribution in [3.05, 3.63) is 16.1 Å². The predicted molar refractivity (Wildman–Crippen MR) is 65.6 cm³/mol. The highest BCUT2D eigenvalue weighted by Crippen LogP contribution is 2.48. The van der Waals surface area contributed by atoms with E-state index in [1.807, 2.05) is 11.3 Å². The van der Waals surface area contributed by atoms with Crippen LogP contribution in [-0.2, 0) is 0 Å². The molecule has 1 heterocycles. The minimum absolute atomic E-state index is 0.545. The summed E-state index contributed by atoms with van der Waals surface area (Å²) < 4.78 is 0. The quantitative estimate of drug-likeness (QED) is 0.831. The van der Waals surface area contributed by atoms with Gasteiger partial charge >= 0.3 is 0 Å². The molecule has 15 heavy (non-hydrogen) atoms. The zero-order valence-corrected chi connectivity index (χ0v) is 10.6. The lowest BCUT2D eigenvalue weighted by molar-refractivity contribution is 0.624. The van der Waals surface area contributed by atoms with Crippen LogP contribution in [0.25, 0.3) is 0 Å². The van der Waals surface area contributed by atoms with Crippen LogP contribution in [0, 0.1) is 5.92 Å². The van der Waals surface area contributed by atoms with E-state index in [1.54, 1.807) is 0 Å². The van der Waals surface area contributed by atoms with Gasteiger partial charge in [0, 0.05) is 23.8 Å². The molecule has 1 aliphatic rings. The van der Waals surface area contributed by atoms with Gasteiger partial charge in [0.2, 0.25) is 0 Å². The number of hydrogen-bond donors (Lipinski definition) is 1. The van der Waals surface area contributed by atoms with E-state index in [0.717, 1.165) is 24.9 Å². The smallest absolute Gasteiger partial charge is 0.0962 e. The number of hydrogen-bond acceptors (Lipinski definition) is 3. The third-order valence-electron chi connectivity index (χ3n) is 3.17. The Kier molecular flexibility index (Phi) is 3.42. The highest BCUT2D eigenvalue weighted by Gasteiger charge is 2.36. The Hall–Kier alpha value is -0.410. The van der Waals surface area contributed by atoms with Crippen LogP contribution in [-0.4, -0.2) is 18.1 Å². The monoisotopic (exact) mass is 224 g/mol. The molecule has 2 rings (SSSR count). The lowest BCUT2D eigenvalue weighted by Crippen LogP contribution is -2.19. The van der Waals surface area contributed by atoms with E-state index < -0.39 is 0 Å². The second kappa shape index (κ2) is 4.62. The molecule has 0 aromatic carbocycles. The van der Waals surface area contributed by atoms with Gasteiger partial charge in [-0.3, -0.25) is 0 Å². The van der Waals surface area contributed by atoms with Crippen LogP contribution >= 0.6 is 11.3 Å². The second-order valence-electron chi connectivity index (χ2n) is 4.64. The van der Waals surface area contributed by atoms with Gasteiger partial charge in [0.25, 0.3) is 0 Å². The number of rotatable bonds is 5. The first-order valence-corrected chi connectivity index (χ1v) is 6.76. The Morgan fingerprint density at radius 3 is 3.00 bits per heavy atom. The van der Waals surface area contributed by atoms with Crippen molar-refractivity contribution >= 4 is 11.3 Å². The van der Waals surface area contributed by atoms with Gasteiger partial charge in [-0.1, -0.05) is 20.8 Å². The Morgan fingerprint density at radius 1 is 1.67 bits per heavy atom. The topological polar surface area (TPSA) is 24.9 Å². The van der Waals surface area contributed by atoms with E-state index in [2.05, 4.69) is 31.5 Å². The maximum absolute atomic E-state index is 4.75. The fourth-order valence-corrected chi connectivity index (χ4v) is 3.02. The molecule has 1 aromatic rings. The Morgan fingerprint density at radius 2 is 2.40 bits per heavy atom. The highest BCUT2D eigenvalue weighted by molar-refractivity contribution is 7.09. The molecule has 1 N–H and O–H groups in total. The first-order chi connectivity index (χ1) is 7.22. The molecule has 3 heteroatoms. The first kappa shape index (κ1) is 11.1. The molecule has 0 amide bonds. The average molecular weight is 224 g/mol. The van der Waals surface area contributed by atoms with Crippen LogP contribution in [0.15, 0.2) is 5.38 Å². The van der Waals surface area contributed by atoms with Crippen LogP contribution in [0.1, 0.15) is 49.7 Å². The van der Waals surface area contributed by atoms with Gasteiger partial charge in [0.05, 0.1) is 10.7 Å². The minimum Gasteiger partial charge on any atom is -0.316 e. The molecule has 84 valence electrons. The van der Waals surface area contributed by atoms with Crippen molar-refractivity contribution in [2.24, 2.45) is 5.92 Å². The van der Waals surface area contributed by atoms with Crippen LogP contribution in [0.2, 0.25) is 0 Å². The Labute approximate surface area is 96.1 Å². The van der Waals surface area contributed by atoms with Crippen molar-refractivity contribution in [1.82, 2.24) is 10.3 Å². The number of likely N-dealkylation sites (N-methyl/N-ethyl adjacent to an activating group) is 1. The van der Waals surface area contributed by atoms with Gasteiger partial charge in [-0.25, -0.2) is 4.98 Å². The summed E-state index contributed by atoms with van der Waals surface area (Å²) in [5.41, 5.74) is 1.27. The second-order valence-corrected chi connectivity index (χ2v) is 5.53. The van der Waals surface area contributed by atoms with Crippen molar-refractivity contribution in [2.75, 3.05) is 13.1 Å². The van der Waals surface area contributed by atoms with Crippen LogP contribution in [0.3, 0.4) is 0 Å². The van der Waals surface area contributed by atoms with Gasteiger partial charge in [0.1, 0.15) is 0 Å². The van der Waals surface area contributed by atoms with Crippen molar-refractivity contribution in [1.29, 1.82) is 0 Å². The lowest BCUT2D eigenvalue weighted by atomic mass is 10.1. The van der Waals surface area contributed by atoms with E-state index in [1.165, 1.54) is 17.1 Å². The van der Waals surface area contributed by atoms with Gasteiger partial charge in [-0.2, -0.15) is 0 Å². The molecule has 3 atom stereocenters. The number of aromatic nitrogens is 1. The molecular formula is C12H20N2S. The van der Waals surface area contributed by atoms with E-state index >= 15 is 0 Å². The first-order valence-electron chi connectivity index (χ1n) is 5.88.